The van der Waals surface area contributed by atoms with Gasteiger partial charge in [0.1, 0.15) is 5.75 Å². The van der Waals surface area contributed by atoms with Crippen molar-refractivity contribution in [3.05, 3.63) is 64.3 Å². The highest BCUT2D eigenvalue weighted by Gasteiger charge is 2.10. The molecule has 0 radical (unpaired) electrons. The van der Waals surface area contributed by atoms with Gasteiger partial charge in [0.2, 0.25) is 5.91 Å². The third-order valence-electron chi connectivity index (χ3n) is 4.86. The molecule has 0 aliphatic carbocycles. The topological polar surface area (TPSA) is 54.1 Å². The molecule has 0 unspecified atom stereocenters. The maximum atomic E-state index is 12.4. The molecule has 2 aromatic carbocycles. The van der Waals surface area contributed by atoms with Crippen LogP contribution in [-0.4, -0.2) is 24.5 Å². The Morgan fingerprint density at radius 1 is 1.12 bits per heavy atom. The standard InChI is InChI=1S/C22H26N2O2/c1-14-9-15(2)19(16(3)10-14)7-8-23-22(25)11-17-13-24-21-6-5-18(26-4)12-20(17)21/h5-6,9-10,12-13,24H,7-8,11H2,1-4H3,(H,23,25). The number of aromatic nitrogens is 1. The molecule has 0 saturated carbocycles. The third-order valence-corrected chi connectivity index (χ3v) is 4.86. The predicted octanol–water partition coefficient (Wildman–Crippen LogP) is 4.00. The van der Waals surface area contributed by atoms with Crippen molar-refractivity contribution in [2.75, 3.05) is 13.7 Å². The third kappa shape index (κ3) is 3.90. The van der Waals surface area contributed by atoms with E-state index in [0.29, 0.717) is 13.0 Å². The number of methoxy groups -OCH3 is 1. The van der Waals surface area contributed by atoms with Gasteiger partial charge in [-0.2, -0.15) is 0 Å². The normalized spacial score (nSPS) is 10.9. The number of carbonyl (C=O) groups is 1. The fraction of sp³-hybridized carbons (Fsp3) is 0.318. The van der Waals surface area contributed by atoms with Crippen LogP contribution in [0.25, 0.3) is 10.9 Å². The molecule has 1 heterocycles. The van der Waals surface area contributed by atoms with Crippen LogP contribution in [-0.2, 0) is 17.6 Å². The Balaban J connectivity index is 1.62. The lowest BCUT2D eigenvalue weighted by molar-refractivity contribution is -0.120. The number of carbonyl (C=O) groups excluding carboxylic acids is 1. The largest absolute Gasteiger partial charge is 0.497 e. The second kappa shape index (κ2) is 7.65. The van der Waals surface area contributed by atoms with E-state index in [4.69, 9.17) is 4.74 Å². The summed E-state index contributed by atoms with van der Waals surface area (Å²) in [4.78, 5) is 15.6. The van der Waals surface area contributed by atoms with Crippen LogP contribution < -0.4 is 10.1 Å². The van der Waals surface area contributed by atoms with Crippen molar-refractivity contribution in [2.24, 2.45) is 0 Å². The fourth-order valence-electron chi connectivity index (χ4n) is 3.60. The van der Waals surface area contributed by atoms with Gasteiger partial charge in [-0.1, -0.05) is 17.7 Å². The van der Waals surface area contributed by atoms with E-state index >= 15 is 0 Å². The van der Waals surface area contributed by atoms with Crippen molar-refractivity contribution >= 4 is 16.8 Å². The SMILES string of the molecule is COc1ccc2[nH]cc(CC(=O)NCCc3c(C)cc(C)cc3C)c2c1. The number of nitrogens with one attached hydrogen (secondary N) is 2. The van der Waals surface area contributed by atoms with Crippen LogP contribution in [0.5, 0.6) is 5.75 Å². The van der Waals surface area contributed by atoms with Crippen LogP contribution in [0.15, 0.2) is 36.5 Å². The lowest BCUT2D eigenvalue weighted by Crippen LogP contribution is -2.27. The van der Waals surface area contributed by atoms with Gasteiger partial charge in [0.05, 0.1) is 13.5 Å². The van der Waals surface area contributed by atoms with Gasteiger partial charge in [-0.25, -0.2) is 0 Å². The zero-order valence-electron chi connectivity index (χ0n) is 15.9. The Labute approximate surface area is 154 Å². The monoisotopic (exact) mass is 350 g/mol. The van der Waals surface area contributed by atoms with E-state index in [9.17, 15) is 4.79 Å². The van der Waals surface area contributed by atoms with E-state index in [1.165, 1.54) is 22.3 Å². The Kier molecular flexibility index (Phi) is 5.31. The molecule has 3 rings (SSSR count). The Morgan fingerprint density at radius 2 is 1.85 bits per heavy atom. The molecule has 136 valence electrons. The summed E-state index contributed by atoms with van der Waals surface area (Å²) in [6.45, 7) is 7.03. The average molecular weight is 350 g/mol. The van der Waals surface area contributed by atoms with Crippen molar-refractivity contribution in [2.45, 2.75) is 33.6 Å². The zero-order valence-corrected chi connectivity index (χ0v) is 15.9. The highest BCUT2D eigenvalue weighted by molar-refractivity contribution is 5.89. The van der Waals surface area contributed by atoms with Gasteiger partial charge in [-0.05, 0) is 67.6 Å². The number of aromatic amines is 1. The van der Waals surface area contributed by atoms with E-state index in [-0.39, 0.29) is 5.91 Å². The van der Waals surface area contributed by atoms with Crippen LogP contribution in [0.3, 0.4) is 0 Å². The Hall–Kier alpha value is -2.75. The summed E-state index contributed by atoms with van der Waals surface area (Å²) in [5.74, 6) is 0.834. The number of rotatable bonds is 6. The van der Waals surface area contributed by atoms with Crippen LogP contribution >= 0.6 is 0 Å². The van der Waals surface area contributed by atoms with Crippen molar-refractivity contribution in [3.63, 3.8) is 0 Å². The molecule has 4 heteroatoms. The second-order valence-corrected chi connectivity index (χ2v) is 6.88. The van der Waals surface area contributed by atoms with Crippen LogP contribution in [0.2, 0.25) is 0 Å². The summed E-state index contributed by atoms with van der Waals surface area (Å²) >= 11 is 0. The molecule has 2 N–H and O–H groups in total. The number of aryl methyl sites for hydroxylation is 3. The summed E-state index contributed by atoms with van der Waals surface area (Å²) in [5, 5.41) is 4.08. The fourth-order valence-corrected chi connectivity index (χ4v) is 3.60. The molecule has 4 nitrogen and oxygen atoms in total. The molecule has 0 aliphatic rings. The number of H-pyrrole nitrogens is 1. The van der Waals surface area contributed by atoms with Gasteiger partial charge < -0.3 is 15.0 Å². The number of ether oxygens (including phenoxy) is 1. The first-order valence-electron chi connectivity index (χ1n) is 8.95. The minimum atomic E-state index is 0.0381. The van der Waals surface area contributed by atoms with Gasteiger partial charge >= 0.3 is 0 Å². The first kappa shape index (κ1) is 18.1. The summed E-state index contributed by atoms with van der Waals surface area (Å²) in [6.07, 6.45) is 3.11. The molecular formula is C22H26N2O2. The van der Waals surface area contributed by atoms with E-state index in [2.05, 4.69) is 43.2 Å². The van der Waals surface area contributed by atoms with Crippen LogP contribution in [0.4, 0.5) is 0 Å². The second-order valence-electron chi connectivity index (χ2n) is 6.88. The van der Waals surface area contributed by atoms with Crippen LogP contribution in [0.1, 0.15) is 27.8 Å². The predicted molar refractivity (Wildman–Crippen MR) is 106 cm³/mol. The average Bonchev–Trinajstić information content (AvgIpc) is 2.99. The number of amides is 1. The number of fused-ring (bicyclic) bond motifs is 1. The first-order chi connectivity index (χ1) is 12.5. The Bertz CT molecular complexity index is 917. The highest BCUT2D eigenvalue weighted by atomic mass is 16.5. The maximum Gasteiger partial charge on any atom is 0.224 e. The molecule has 0 fully saturated rings. The van der Waals surface area contributed by atoms with E-state index in [1.807, 2.05) is 24.4 Å². The molecule has 0 spiro atoms. The summed E-state index contributed by atoms with van der Waals surface area (Å²) in [6, 6.07) is 10.2. The summed E-state index contributed by atoms with van der Waals surface area (Å²) in [5.41, 5.74) is 7.19. The van der Waals surface area contributed by atoms with Gasteiger partial charge in [0, 0.05) is 23.6 Å². The maximum absolute atomic E-state index is 12.4. The van der Waals surface area contributed by atoms with Gasteiger partial charge in [0.25, 0.3) is 0 Å². The molecule has 0 bridgehead atoms. The van der Waals surface area contributed by atoms with Crippen molar-refractivity contribution in [3.8, 4) is 5.75 Å². The van der Waals surface area contributed by atoms with E-state index in [1.54, 1.807) is 7.11 Å². The first-order valence-corrected chi connectivity index (χ1v) is 8.95. The molecule has 26 heavy (non-hydrogen) atoms. The van der Waals surface area contributed by atoms with Crippen LogP contribution in [0, 0.1) is 20.8 Å². The van der Waals surface area contributed by atoms with E-state index in [0.717, 1.165) is 28.6 Å². The quantitative estimate of drug-likeness (QED) is 0.706. The molecule has 0 aliphatic heterocycles. The van der Waals surface area contributed by atoms with Crippen molar-refractivity contribution < 1.29 is 9.53 Å². The smallest absolute Gasteiger partial charge is 0.224 e. The number of benzene rings is 2. The lowest BCUT2D eigenvalue weighted by Gasteiger charge is -2.12. The molecule has 1 aromatic heterocycles. The highest BCUT2D eigenvalue weighted by Crippen LogP contribution is 2.24. The minimum Gasteiger partial charge on any atom is -0.497 e. The van der Waals surface area contributed by atoms with Gasteiger partial charge in [-0.3, -0.25) is 4.79 Å². The van der Waals surface area contributed by atoms with Crippen molar-refractivity contribution in [1.29, 1.82) is 0 Å². The summed E-state index contributed by atoms with van der Waals surface area (Å²) < 4.78 is 5.28. The minimum absolute atomic E-state index is 0.0381. The van der Waals surface area contributed by atoms with E-state index < -0.39 is 0 Å². The zero-order chi connectivity index (χ0) is 18.7. The molecule has 0 saturated heterocycles. The molecular weight excluding hydrogens is 324 g/mol. The molecule has 3 aromatic rings. The van der Waals surface area contributed by atoms with Gasteiger partial charge in [0.15, 0.2) is 0 Å². The van der Waals surface area contributed by atoms with Gasteiger partial charge in [-0.15, -0.1) is 0 Å². The number of hydrogen-bond acceptors (Lipinski definition) is 2. The lowest BCUT2D eigenvalue weighted by atomic mass is 9.97. The molecule has 1 amide bonds. The van der Waals surface area contributed by atoms with Crippen molar-refractivity contribution in [1.82, 2.24) is 10.3 Å². The number of hydrogen-bond donors (Lipinski definition) is 2. The molecule has 0 atom stereocenters. The Morgan fingerprint density at radius 3 is 2.54 bits per heavy atom. The summed E-state index contributed by atoms with van der Waals surface area (Å²) in [7, 11) is 1.65.